The molecule has 1 aromatic heterocycles. The van der Waals surface area contributed by atoms with Crippen LogP contribution in [0.15, 0.2) is 21.9 Å². The molecule has 34 heavy (non-hydrogen) atoms. The van der Waals surface area contributed by atoms with Crippen LogP contribution in [0.3, 0.4) is 0 Å². The van der Waals surface area contributed by atoms with Crippen molar-refractivity contribution in [3.05, 3.63) is 33.1 Å². The number of rotatable bonds is 10. The fourth-order valence-electron chi connectivity index (χ4n) is 2.67. The number of aliphatic hydroxyl groups is 1. The van der Waals surface area contributed by atoms with E-state index in [4.69, 9.17) is 25.2 Å². The van der Waals surface area contributed by atoms with E-state index < -0.39 is 77.8 Å². The van der Waals surface area contributed by atoms with Gasteiger partial charge in [-0.1, -0.05) is 0 Å². The van der Waals surface area contributed by atoms with Gasteiger partial charge >= 0.3 is 29.2 Å². The van der Waals surface area contributed by atoms with Crippen LogP contribution in [0.5, 0.6) is 0 Å². The third-order valence-corrected chi connectivity index (χ3v) is 7.84. The number of hydrogen-bond acceptors (Lipinski definition) is 12. The summed E-state index contributed by atoms with van der Waals surface area (Å²) in [6, 6.07) is -1.54. The zero-order chi connectivity index (χ0) is 26.1. The molecule has 0 aliphatic carbocycles. The van der Waals surface area contributed by atoms with Gasteiger partial charge in [0, 0.05) is 12.3 Å². The highest BCUT2D eigenvalue weighted by atomic mass is 31.3. The Morgan fingerprint density at radius 3 is 2.38 bits per heavy atom. The summed E-state index contributed by atoms with van der Waals surface area (Å²) >= 11 is 0. The third-order valence-electron chi connectivity index (χ3n) is 4.04. The Hall–Kier alpha value is -1.56. The van der Waals surface area contributed by atoms with E-state index in [-0.39, 0.29) is 0 Å². The molecule has 0 spiro atoms. The van der Waals surface area contributed by atoms with Gasteiger partial charge in [0.15, 0.2) is 6.23 Å². The second-order valence-electron chi connectivity index (χ2n) is 6.78. The van der Waals surface area contributed by atoms with Gasteiger partial charge in [-0.25, -0.2) is 18.5 Å². The Morgan fingerprint density at radius 2 is 1.85 bits per heavy atom. The predicted octanol–water partition coefficient (Wildman–Crippen LogP) is -3.03. The third kappa shape index (κ3) is 8.00. The predicted molar refractivity (Wildman–Crippen MR) is 107 cm³/mol. The van der Waals surface area contributed by atoms with E-state index in [1.54, 1.807) is 0 Å². The lowest BCUT2D eigenvalue weighted by Crippen LogP contribution is -2.52. The summed E-state index contributed by atoms with van der Waals surface area (Å²) in [4.78, 5) is 73.2. The number of aromatic amines is 1. The van der Waals surface area contributed by atoms with Gasteiger partial charge in [-0.3, -0.25) is 23.7 Å². The first-order valence-corrected chi connectivity index (χ1v) is 13.4. The Bertz CT molecular complexity index is 1160. The van der Waals surface area contributed by atoms with E-state index in [1.165, 1.54) is 6.92 Å². The molecular weight excluding hydrogens is 533 g/mol. The summed E-state index contributed by atoms with van der Waals surface area (Å²) in [6.45, 7) is 0.246. The number of nitrogens with zero attached hydrogens (tertiary/aromatic N) is 1. The van der Waals surface area contributed by atoms with Gasteiger partial charge < -0.3 is 40.5 Å². The van der Waals surface area contributed by atoms with Gasteiger partial charge in [-0.2, -0.15) is 8.62 Å². The molecule has 0 radical (unpaired) electrons. The van der Waals surface area contributed by atoms with E-state index >= 15 is 0 Å². The molecule has 1 aliphatic rings. The van der Waals surface area contributed by atoms with Crippen molar-refractivity contribution < 1.29 is 61.1 Å². The fraction of sp³-hybridized carbons (Fsp3) is 0.583. The summed E-state index contributed by atoms with van der Waals surface area (Å²) in [5.74, 6) is -0.788. The van der Waals surface area contributed by atoms with Crippen LogP contribution < -0.4 is 22.3 Å². The number of phosphoric acid groups is 3. The smallest absolute Gasteiger partial charge is 0.388 e. The van der Waals surface area contributed by atoms with Crippen LogP contribution in [-0.2, 0) is 36.4 Å². The molecule has 1 aliphatic heterocycles. The summed E-state index contributed by atoms with van der Waals surface area (Å²) in [5.41, 5.74) is 3.70. The standard InChI is InChI=1S/C12H21N4O15P3/c1-5(13)10(19)15-8-9(18)6(29-11(8)16-3-2-7(17)14-12(16)20)4-28-33(24,25)31-34(26,27)30-32(21,22)23/h2-3,5-6,8-9,11,18H,4,13H2,1H3,(H,15,19)(H,24,25)(H,26,27)(H,14,17,20)(H2,21,22,23)/t5-,6+,8+,9+,11+/m0/s1. The molecule has 22 heteroatoms. The van der Waals surface area contributed by atoms with E-state index in [2.05, 4.69) is 18.5 Å². The molecule has 0 saturated carbocycles. The van der Waals surface area contributed by atoms with Gasteiger partial charge in [0.2, 0.25) is 5.91 Å². The maximum absolute atomic E-state index is 12.1. The zero-order valence-electron chi connectivity index (χ0n) is 16.9. The van der Waals surface area contributed by atoms with Crippen molar-refractivity contribution in [2.45, 2.75) is 37.4 Å². The Kier molecular flexibility index (Phi) is 8.93. The minimum absolute atomic E-state index is 0.764. The molecule has 19 nitrogen and oxygen atoms in total. The number of nitrogens with two attached hydrogens (primary N) is 1. The molecule has 1 saturated heterocycles. The molecule has 1 aromatic rings. The van der Waals surface area contributed by atoms with Crippen LogP contribution >= 0.6 is 23.5 Å². The number of carbonyl (C=O) groups is 1. The average molecular weight is 554 g/mol. The van der Waals surface area contributed by atoms with Gasteiger partial charge in [-0.15, -0.1) is 0 Å². The van der Waals surface area contributed by atoms with Crippen molar-refractivity contribution in [2.24, 2.45) is 5.73 Å². The topological polar surface area (TPSA) is 299 Å². The quantitative estimate of drug-likeness (QED) is 0.133. The highest BCUT2D eigenvalue weighted by Crippen LogP contribution is 2.66. The van der Waals surface area contributed by atoms with Crippen LogP contribution in [-0.4, -0.2) is 71.0 Å². The number of amides is 1. The molecule has 0 bridgehead atoms. The first-order valence-electron chi connectivity index (χ1n) is 8.90. The Labute approximate surface area is 188 Å². The lowest BCUT2D eigenvalue weighted by atomic mass is 10.1. The lowest BCUT2D eigenvalue weighted by molar-refractivity contribution is -0.124. The number of H-pyrrole nitrogens is 1. The molecule has 2 unspecified atom stereocenters. The number of aliphatic hydroxyl groups excluding tert-OH is 1. The second kappa shape index (κ2) is 10.6. The highest BCUT2D eigenvalue weighted by molar-refractivity contribution is 7.66. The largest absolute Gasteiger partial charge is 0.490 e. The van der Waals surface area contributed by atoms with Crippen molar-refractivity contribution in [2.75, 3.05) is 6.61 Å². The molecule has 2 rings (SSSR count). The van der Waals surface area contributed by atoms with Gasteiger partial charge in [0.05, 0.1) is 12.6 Å². The number of ether oxygens (including phenoxy) is 1. The molecule has 0 aromatic carbocycles. The van der Waals surface area contributed by atoms with Crippen molar-refractivity contribution in [1.29, 1.82) is 0 Å². The van der Waals surface area contributed by atoms with E-state index in [0.29, 0.717) is 0 Å². The van der Waals surface area contributed by atoms with Crippen molar-refractivity contribution >= 4 is 29.4 Å². The molecule has 194 valence electrons. The van der Waals surface area contributed by atoms with Crippen molar-refractivity contribution in [3.8, 4) is 0 Å². The average Bonchev–Trinajstić information content (AvgIpc) is 2.93. The minimum Gasteiger partial charge on any atom is -0.388 e. The first kappa shape index (κ1) is 28.7. The van der Waals surface area contributed by atoms with Crippen LogP contribution in [0.25, 0.3) is 0 Å². The molecular formula is C12H21N4O15P3. The number of aromatic nitrogens is 2. The van der Waals surface area contributed by atoms with Gasteiger partial charge in [0.25, 0.3) is 5.56 Å². The fourth-order valence-corrected chi connectivity index (χ4v) is 5.70. The summed E-state index contributed by atoms with van der Waals surface area (Å²) in [6.07, 6.45) is -3.84. The Morgan fingerprint density at radius 1 is 1.24 bits per heavy atom. The number of hydrogen-bond donors (Lipinski definition) is 8. The normalized spacial score (nSPS) is 27.5. The molecule has 9 N–H and O–H groups in total. The second-order valence-corrected chi connectivity index (χ2v) is 11.2. The van der Waals surface area contributed by atoms with Gasteiger partial charge in [0.1, 0.15) is 18.2 Å². The van der Waals surface area contributed by atoms with Crippen LogP contribution in [0, 0.1) is 0 Å². The molecule has 7 atom stereocenters. The highest BCUT2D eigenvalue weighted by Gasteiger charge is 2.48. The number of carbonyl (C=O) groups excluding carboxylic acids is 1. The first-order chi connectivity index (χ1) is 15.4. The van der Waals surface area contributed by atoms with Crippen LogP contribution in [0.2, 0.25) is 0 Å². The summed E-state index contributed by atoms with van der Waals surface area (Å²) in [7, 11) is -16.9. The molecule has 1 fully saturated rings. The van der Waals surface area contributed by atoms with Crippen LogP contribution in [0.4, 0.5) is 0 Å². The zero-order valence-corrected chi connectivity index (χ0v) is 19.6. The molecule has 2 heterocycles. The van der Waals surface area contributed by atoms with Crippen molar-refractivity contribution in [1.82, 2.24) is 14.9 Å². The SMILES string of the molecule is C[C@H](N)C(=O)N[C@@H]1[C@H](O)[C@@H](COP(=O)(O)OP(=O)(O)OP(=O)(O)O)O[C@H]1n1ccc(=O)[nH]c1=O. The van der Waals surface area contributed by atoms with E-state index in [9.17, 15) is 38.1 Å². The van der Waals surface area contributed by atoms with E-state index in [1.807, 2.05) is 4.98 Å². The maximum atomic E-state index is 12.1. The van der Waals surface area contributed by atoms with Crippen LogP contribution in [0.1, 0.15) is 13.2 Å². The Balaban J connectivity index is 2.22. The minimum atomic E-state index is -5.78. The maximum Gasteiger partial charge on any atom is 0.490 e. The van der Waals surface area contributed by atoms with E-state index in [0.717, 1.165) is 16.8 Å². The lowest BCUT2D eigenvalue weighted by Gasteiger charge is -2.23. The summed E-state index contributed by atoms with van der Waals surface area (Å²) < 4.78 is 51.7. The van der Waals surface area contributed by atoms with Gasteiger partial charge in [-0.05, 0) is 6.92 Å². The molecule has 1 amide bonds. The number of phosphoric ester groups is 1. The number of nitrogens with one attached hydrogen (secondary N) is 2. The van der Waals surface area contributed by atoms with Crippen molar-refractivity contribution in [3.63, 3.8) is 0 Å². The summed E-state index contributed by atoms with van der Waals surface area (Å²) in [5, 5.41) is 12.9. The monoisotopic (exact) mass is 554 g/mol.